The molecule has 0 spiro atoms. The summed E-state index contributed by atoms with van der Waals surface area (Å²) in [5, 5.41) is 0. The Labute approximate surface area is 109 Å². The molecular formula is C14H24O4. The third-order valence-corrected chi connectivity index (χ3v) is 2.34. The predicted octanol–water partition coefficient (Wildman–Crippen LogP) is 2.87. The first-order valence-electron chi connectivity index (χ1n) is 6.44. The van der Waals surface area contributed by atoms with E-state index < -0.39 is 0 Å². The average Bonchev–Trinajstić information content (AvgIpc) is 2.31. The van der Waals surface area contributed by atoms with Gasteiger partial charge in [0, 0.05) is 5.57 Å². The van der Waals surface area contributed by atoms with Crippen LogP contribution in [0.3, 0.4) is 0 Å². The van der Waals surface area contributed by atoms with E-state index in [1.807, 2.05) is 13.8 Å². The Bertz CT molecular complexity index is 282. The maximum absolute atomic E-state index is 11.1. The molecule has 0 aromatic heterocycles. The molecule has 0 rings (SSSR count). The van der Waals surface area contributed by atoms with Gasteiger partial charge in [-0.05, 0) is 32.6 Å². The van der Waals surface area contributed by atoms with Crippen LogP contribution in [0.1, 0.15) is 46.5 Å². The van der Waals surface area contributed by atoms with Gasteiger partial charge in [0.1, 0.15) is 0 Å². The fourth-order valence-corrected chi connectivity index (χ4v) is 1.19. The second-order valence-corrected chi connectivity index (χ2v) is 4.65. The summed E-state index contributed by atoms with van der Waals surface area (Å²) in [7, 11) is 0. The number of hydrogen-bond acceptors (Lipinski definition) is 4. The normalized spacial score (nSPS) is 10.2. The molecule has 0 amide bonds. The SMILES string of the molecule is C=C(C)C(=O)OCCCCCCOC(=O)C(C)C. The van der Waals surface area contributed by atoms with Crippen LogP contribution in [0, 0.1) is 5.92 Å². The van der Waals surface area contributed by atoms with Crippen LogP contribution >= 0.6 is 0 Å². The third kappa shape index (κ3) is 8.79. The second kappa shape index (κ2) is 9.68. The smallest absolute Gasteiger partial charge is 0.333 e. The van der Waals surface area contributed by atoms with Crippen molar-refractivity contribution in [2.24, 2.45) is 5.92 Å². The first-order chi connectivity index (χ1) is 8.45. The Morgan fingerprint density at radius 2 is 1.50 bits per heavy atom. The Balaban J connectivity index is 3.29. The molecule has 0 aliphatic carbocycles. The van der Waals surface area contributed by atoms with E-state index in [0.29, 0.717) is 18.8 Å². The largest absolute Gasteiger partial charge is 0.465 e. The number of rotatable bonds is 9. The number of esters is 2. The van der Waals surface area contributed by atoms with Crippen molar-refractivity contribution in [3.8, 4) is 0 Å². The summed E-state index contributed by atoms with van der Waals surface area (Å²) < 4.78 is 10.00. The van der Waals surface area contributed by atoms with Gasteiger partial charge in [-0.2, -0.15) is 0 Å². The predicted molar refractivity (Wildman–Crippen MR) is 70.0 cm³/mol. The maximum atomic E-state index is 11.1. The summed E-state index contributed by atoms with van der Waals surface area (Å²) in [5.74, 6) is -0.544. The lowest BCUT2D eigenvalue weighted by molar-refractivity contribution is -0.147. The first-order valence-corrected chi connectivity index (χ1v) is 6.44. The molecule has 0 heterocycles. The minimum atomic E-state index is -0.333. The van der Waals surface area contributed by atoms with E-state index in [1.54, 1.807) is 6.92 Å². The van der Waals surface area contributed by atoms with Crippen LogP contribution in [0.4, 0.5) is 0 Å². The lowest BCUT2D eigenvalue weighted by atomic mass is 10.2. The number of carbonyl (C=O) groups is 2. The molecule has 0 atom stereocenters. The topological polar surface area (TPSA) is 52.6 Å². The van der Waals surface area contributed by atoms with E-state index in [4.69, 9.17) is 9.47 Å². The fraction of sp³-hybridized carbons (Fsp3) is 0.714. The summed E-state index contributed by atoms with van der Waals surface area (Å²) in [4.78, 5) is 22.2. The highest BCUT2D eigenvalue weighted by molar-refractivity contribution is 5.86. The third-order valence-electron chi connectivity index (χ3n) is 2.34. The molecule has 0 saturated carbocycles. The summed E-state index contributed by atoms with van der Waals surface area (Å²) >= 11 is 0. The number of ether oxygens (including phenoxy) is 2. The van der Waals surface area contributed by atoms with Gasteiger partial charge >= 0.3 is 11.9 Å². The van der Waals surface area contributed by atoms with E-state index in [-0.39, 0.29) is 17.9 Å². The minimum absolute atomic E-state index is 0.0634. The average molecular weight is 256 g/mol. The van der Waals surface area contributed by atoms with E-state index >= 15 is 0 Å². The Hall–Kier alpha value is -1.32. The molecule has 0 N–H and O–H groups in total. The van der Waals surface area contributed by atoms with Crippen LogP contribution in [-0.4, -0.2) is 25.2 Å². The van der Waals surface area contributed by atoms with Crippen molar-refractivity contribution < 1.29 is 19.1 Å². The standard InChI is InChI=1S/C14H24O4/c1-11(2)13(15)17-9-7-5-6-8-10-18-14(16)12(3)4/h12H,1,5-10H2,2-4H3. The van der Waals surface area contributed by atoms with E-state index in [1.165, 1.54) is 0 Å². The molecule has 4 nitrogen and oxygen atoms in total. The van der Waals surface area contributed by atoms with Crippen LogP contribution in [-0.2, 0) is 19.1 Å². The molecular weight excluding hydrogens is 232 g/mol. The van der Waals surface area contributed by atoms with Gasteiger partial charge in [-0.15, -0.1) is 0 Å². The zero-order chi connectivity index (χ0) is 14.0. The molecule has 0 radical (unpaired) electrons. The van der Waals surface area contributed by atoms with Crippen molar-refractivity contribution in [1.29, 1.82) is 0 Å². The van der Waals surface area contributed by atoms with Gasteiger partial charge in [0.05, 0.1) is 19.1 Å². The molecule has 0 aliphatic heterocycles. The molecule has 104 valence electrons. The summed E-state index contributed by atoms with van der Waals surface area (Å²) in [6.45, 7) is 9.67. The van der Waals surface area contributed by atoms with Crippen molar-refractivity contribution in [2.75, 3.05) is 13.2 Å². The zero-order valence-electron chi connectivity index (χ0n) is 11.7. The van der Waals surface area contributed by atoms with Crippen LogP contribution in [0.25, 0.3) is 0 Å². The Morgan fingerprint density at radius 1 is 1.00 bits per heavy atom. The van der Waals surface area contributed by atoms with Crippen molar-refractivity contribution in [1.82, 2.24) is 0 Å². The molecule has 0 saturated heterocycles. The van der Waals surface area contributed by atoms with Gasteiger partial charge in [0.25, 0.3) is 0 Å². The molecule has 4 heteroatoms. The van der Waals surface area contributed by atoms with Crippen molar-refractivity contribution in [3.05, 3.63) is 12.2 Å². The zero-order valence-corrected chi connectivity index (χ0v) is 11.7. The van der Waals surface area contributed by atoms with Gasteiger partial charge in [-0.1, -0.05) is 20.4 Å². The molecule has 0 aliphatic rings. The van der Waals surface area contributed by atoms with E-state index in [0.717, 1.165) is 25.7 Å². The summed E-state index contributed by atoms with van der Waals surface area (Å²) in [6.07, 6.45) is 3.61. The van der Waals surface area contributed by atoms with Gasteiger partial charge in [0.15, 0.2) is 0 Å². The first kappa shape index (κ1) is 16.7. The lowest BCUT2D eigenvalue weighted by Crippen LogP contribution is -2.12. The minimum Gasteiger partial charge on any atom is -0.465 e. The van der Waals surface area contributed by atoms with Crippen LogP contribution < -0.4 is 0 Å². The Morgan fingerprint density at radius 3 is 1.94 bits per heavy atom. The number of carbonyl (C=O) groups excluding carboxylic acids is 2. The fourth-order valence-electron chi connectivity index (χ4n) is 1.19. The van der Waals surface area contributed by atoms with Crippen molar-refractivity contribution in [3.63, 3.8) is 0 Å². The van der Waals surface area contributed by atoms with Crippen LogP contribution in [0.2, 0.25) is 0 Å². The van der Waals surface area contributed by atoms with Gasteiger partial charge in [-0.3, -0.25) is 4.79 Å². The van der Waals surface area contributed by atoms with Gasteiger partial charge in [0.2, 0.25) is 0 Å². The molecule has 0 aromatic carbocycles. The maximum Gasteiger partial charge on any atom is 0.333 e. The highest BCUT2D eigenvalue weighted by Crippen LogP contribution is 2.03. The molecule has 18 heavy (non-hydrogen) atoms. The summed E-state index contributed by atoms with van der Waals surface area (Å²) in [6, 6.07) is 0. The number of unbranched alkanes of at least 4 members (excludes halogenated alkanes) is 3. The highest BCUT2D eigenvalue weighted by atomic mass is 16.5. The molecule has 0 bridgehead atoms. The monoisotopic (exact) mass is 256 g/mol. The van der Waals surface area contributed by atoms with Gasteiger partial charge in [-0.25, -0.2) is 4.79 Å². The molecule has 0 aromatic rings. The number of hydrogen-bond donors (Lipinski definition) is 0. The van der Waals surface area contributed by atoms with Gasteiger partial charge < -0.3 is 9.47 Å². The molecule has 0 unspecified atom stereocenters. The van der Waals surface area contributed by atoms with Crippen molar-refractivity contribution in [2.45, 2.75) is 46.5 Å². The Kier molecular flexibility index (Phi) is 8.97. The van der Waals surface area contributed by atoms with Crippen LogP contribution in [0.15, 0.2) is 12.2 Å². The molecule has 0 fully saturated rings. The highest BCUT2D eigenvalue weighted by Gasteiger charge is 2.07. The quantitative estimate of drug-likeness (QED) is 0.361. The second-order valence-electron chi connectivity index (χ2n) is 4.65. The van der Waals surface area contributed by atoms with E-state index in [2.05, 4.69) is 6.58 Å². The lowest BCUT2D eigenvalue weighted by Gasteiger charge is -2.07. The van der Waals surface area contributed by atoms with E-state index in [9.17, 15) is 9.59 Å². The van der Waals surface area contributed by atoms with Crippen molar-refractivity contribution >= 4 is 11.9 Å². The van der Waals surface area contributed by atoms with Crippen LogP contribution in [0.5, 0.6) is 0 Å². The summed E-state index contributed by atoms with van der Waals surface area (Å²) in [5.41, 5.74) is 0.426.